The van der Waals surface area contributed by atoms with E-state index >= 15 is 0 Å². The number of carbonyl (C=O) groups is 2. The molecule has 2 amide bonds. The lowest BCUT2D eigenvalue weighted by Crippen LogP contribution is -2.40. The number of hydrogen-bond acceptors (Lipinski definition) is 3. The van der Waals surface area contributed by atoms with Crippen LogP contribution in [0.1, 0.15) is 88.7 Å². The summed E-state index contributed by atoms with van der Waals surface area (Å²) in [7, 11) is 0. The second kappa shape index (κ2) is 10.4. The van der Waals surface area contributed by atoms with Gasteiger partial charge in [0.1, 0.15) is 0 Å². The normalized spacial score (nSPS) is 21.9. The van der Waals surface area contributed by atoms with Crippen molar-refractivity contribution in [2.45, 2.75) is 89.1 Å². The second-order valence-corrected chi connectivity index (χ2v) is 7.99. The fraction of sp³-hybridized carbons (Fsp3) is 0.682. The van der Waals surface area contributed by atoms with Crippen LogP contribution in [0.4, 0.5) is 0 Å². The van der Waals surface area contributed by atoms with E-state index in [1.165, 1.54) is 32.1 Å². The van der Waals surface area contributed by atoms with E-state index in [4.69, 9.17) is 0 Å². The Kier molecular flexibility index (Phi) is 7.66. The van der Waals surface area contributed by atoms with Gasteiger partial charge in [-0.1, -0.05) is 38.2 Å². The SMILES string of the molecule is O=C(CCC(=O)N1CCCC[C@H]1c1cccnc1)NC1CCCCCCC1. The minimum atomic E-state index is 0.0314. The molecule has 1 saturated carbocycles. The third kappa shape index (κ3) is 6.05. The van der Waals surface area contributed by atoms with Gasteiger partial charge in [0.15, 0.2) is 0 Å². The summed E-state index contributed by atoms with van der Waals surface area (Å²) in [6.45, 7) is 0.780. The molecule has 0 radical (unpaired) electrons. The molecule has 1 aromatic heterocycles. The number of carbonyl (C=O) groups excluding carboxylic acids is 2. The van der Waals surface area contributed by atoms with Gasteiger partial charge in [0.2, 0.25) is 11.8 Å². The number of rotatable bonds is 5. The second-order valence-electron chi connectivity index (χ2n) is 7.99. The highest BCUT2D eigenvalue weighted by molar-refractivity contribution is 5.84. The van der Waals surface area contributed by atoms with Gasteiger partial charge in [-0.05, 0) is 43.7 Å². The first-order valence-corrected chi connectivity index (χ1v) is 10.7. The largest absolute Gasteiger partial charge is 0.353 e. The van der Waals surface area contributed by atoms with E-state index < -0.39 is 0 Å². The van der Waals surface area contributed by atoms with E-state index in [1.54, 1.807) is 6.20 Å². The topological polar surface area (TPSA) is 62.3 Å². The maximum absolute atomic E-state index is 12.8. The monoisotopic (exact) mass is 371 g/mol. The van der Waals surface area contributed by atoms with Crippen molar-refractivity contribution in [1.29, 1.82) is 0 Å². The van der Waals surface area contributed by atoms with Crippen LogP contribution < -0.4 is 5.32 Å². The lowest BCUT2D eigenvalue weighted by atomic mass is 9.95. The lowest BCUT2D eigenvalue weighted by Gasteiger charge is -2.36. The van der Waals surface area contributed by atoms with Gasteiger partial charge >= 0.3 is 0 Å². The molecule has 3 rings (SSSR count). The van der Waals surface area contributed by atoms with Crippen molar-refractivity contribution in [2.75, 3.05) is 6.54 Å². The van der Waals surface area contributed by atoms with Gasteiger partial charge in [0.05, 0.1) is 6.04 Å². The van der Waals surface area contributed by atoms with Crippen LogP contribution >= 0.6 is 0 Å². The summed E-state index contributed by atoms with van der Waals surface area (Å²) in [5, 5.41) is 3.17. The number of nitrogens with zero attached hydrogens (tertiary/aromatic N) is 2. The Bertz CT molecular complexity index is 597. The Morgan fingerprint density at radius 3 is 2.48 bits per heavy atom. The van der Waals surface area contributed by atoms with Gasteiger partial charge < -0.3 is 10.2 Å². The smallest absolute Gasteiger partial charge is 0.223 e. The van der Waals surface area contributed by atoms with Crippen LogP contribution in [0.5, 0.6) is 0 Å². The highest BCUT2D eigenvalue weighted by atomic mass is 16.2. The van der Waals surface area contributed by atoms with E-state index in [1.807, 2.05) is 23.2 Å². The van der Waals surface area contributed by atoms with Gasteiger partial charge in [0, 0.05) is 37.8 Å². The highest BCUT2D eigenvalue weighted by Crippen LogP contribution is 2.31. The molecule has 2 heterocycles. The fourth-order valence-corrected chi connectivity index (χ4v) is 4.41. The van der Waals surface area contributed by atoms with E-state index in [-0.39, 0.29) is 17.9 Å². The zero-order valence-corrected chi connectivity index (χ0v) is 16.4. The van der Waals surface area contributed by atoms with Crippen molar-refractivity contribution >= 4 is 11.8 Å². The van der Waals surface area contributed by atoms with Crippen LogP contribution in [-0.4, -0.2) is 34.3 Å². The molecule has 1 N–H and O–H groups in total. The van der Waals surface area contributed by atoms with Crippen LogP contribution in [0.15, 0.2) is 24.5 Å². The van der Waals surface area contributed by atoms with E-state index in [0.29, 0.717) is 18.9 Å². The molecule has 1 atom stereocenters. The van der Waals surface area contributed by atoms with Crippen molar-refractivity contribution in [3.8, 4) is 0 Å². The number of nitrogens with one attached hydrogen (secondary N) is 1. The minimum absolute atomic E-state index is 0.0314. The lowest BCUT2D eigenvalue weighted by molar-refractivity contribution is -0.137. The maximum atomic E-state index is 12.8. The van der Waals surface area contributed by atoms with E-state index in [9.17, 15) is 9.59 Å². The molecule has 0 spiro atoms. The molecule has 0 unspecified atom stereocenters. The third-order valence-electron chi connectivity index (χ3n) is 5.93. The van der Waals surface area contributed by atoms with Crippen molar-refractivity contribution in [3.05, 3.63) is 30.1 Å². The molecule has 148 valence electrons. The first kappa shape index (κ1) is 19.8. The van der Waals surface area contributed by atoms with Crippen LogP contribution in [-0.2, 0) is 9.59 Å². The van der Waals surface area contributed by atoms with Gasteiger partial charge in [0.25, 0.3) is 0 Å². The van der Waals surface area contributed by atoms with E-state index in [2.05, 4.69) is 10.3 Å². The number of likely N-dealkylation sites (tertiary alicyclic amines) is 1. The predicted molar refractivity (Wildman–Crippen MR) is 106 cm³/mol. The molecule has 2 fully saturated rings. The molecular formula is C22H33N3O2. The predicted octanol–water partition coefficient (Wildman–Crippen LogP) is 4.14. The first-order valence-electron chi connectivity index (χ1n) is 10.7. The first-order chi connectivity index (χ1) is 13.2. The zero-order valence-electron chi connectivity index (χ0n) is 16.4. The number of piperidine rings is 1. The Hall–Kier alpha value is -1.91. The molecule has 2 aliphatic rings. The van der Waals surface area contributed by atoms with Gasteiger partial charge in [-0.25, -0.2) is 0 Å². The maximum Gasteiger partial charge on any atom is 0.223 e. The summed E-state index contributed by atoms with van der Waals surface area (Å²) < 4.78 is 0. The summed E-state index contributed by atoms with van der Waals surface area (Å²) in [5.41, 5.74) is 1.10. The summed E-state index contributed by atoms with van der Waals surface area (Å²) in [6, 6.07) is 4.37. The number of pyridine rings is 1. The number of amides is 2. The quantitative estimate of drug-likeness (QED) is 0.846. The van der Waals surface area contributed by atoms with Crippen molar-refractivity contribution in [2.24, 2.45) is 0 Å². The highest BCUT2D eigenvalue weighted by Gasteiger charge is 2.28. The van der Waals surface area contributed by atoms with Crippen LogP contribution in [0.25, 0.3) is 0 Å². The molecule has 5 nitrogen and oxygen atoms in total. The van der Waals surface area contributed by atoms with Crippen LogP contribution in [0, 0.1) is 0 Å². The molecular weight excluding hydrogens is 338 g/mol. The molecule has 1 aliphatic heterocycles. The van der Waals surface area contributed by atoms with Crippen LogP contribution in [0.3, 0.4) is 0 Å². The van der Waals surface area contributed by atoms with Gasteiger partial charge in [-0.15, -0.1) is 0 Å². The molecule has 1 aromatic rings. The van der Waals surface area contributed by atoms with Crippen molar-refractivity contribution in [1.82, 2.24) is 15.2 Å². The average molecular weight is 372 g/mol. The molecule has 1 saturated heterocycles. The standard InChI is InChI=1S/C22H33N3O2/c26-21(24-19-10-4-2-1-3-5-11-19)13-14-22(27)25-16-7-6-12-20(25)18-9-8-15-23-17-18/h8-9,15,17,19-20H,1-7,10-14,16H2,(H,24,26)/t20-/m0/s1. The van der Waals surface area contributed by atoms with E-state index in [0.717, 1.165) is 44.2 Å². The third-order valence-corrected chi connectivity index (χ3v) is 5.93. The fourth-order valence-electron chi connectivity index (χ4n) is 4.41. The molecule has 1 aliphatic carbocycles. The van der Waals surface area contributed by atoms with Crippen molar-refractivity contribution < 1.29 is 9.59 Å². The molecule has 27 heavy (non-hydrogen) atoms. The Balaban J connectivity index is 1.49. The van der Waals surface area contributed by atoms with Gasteiger partial charge in [-0.3, -0.25) is 14.6 Å². The Morgan fingerprint density at radius 2 is 1.74 bits per heavy atom. The summed E-state index contributed by atoms with van der Waals surface area (Å²) in [5.74, 6) is 0.125. The molecule has 0 bridgehead atoms. The summed E-state index contributed by atoms with van der Waals surface area (Å²) in [4.78, 5) is 31.3. The summed E-state index contributed by atoms with van der Waals surface area (Å²) in [6.07, 6.45) is 15.8. The zero-order chi connectivity index (χ0) is 18.9. The molecule has 5 heteroatoms. The Labute approximate surface area is 162 Å². The average Bonchev–Trinajstić information content (AvgIpc) is 2.69. The number of hydrogen-bond donors (Lipinski definition) is 1. The van der Waals surface area contributed by atoms with Crippen LogP contribution in [0.2, 0.25) is 0 Å². The minimum Gasteiger partial charge on any atom is -0.353 e. The van der Waals surface area contributed by atoms with Crippen molar-refractivity contribution in [3.63, 3.8) is 0 Å². The number of aromatic nitrogens is 1. The van der Waals surface area contributed by atoms with Gasteiger partial charge in [-0.2, -0.15) is 0 Å². The Morgan fingerprint density at radius 1 is 1.00 bits per heavy atom. The summed E-state index contributed by atoms with van der Waals surface area (Å²) >= 11 is 0. The molecule has 0 aromatic carbocycles.